The quantitative estimate of drug-likeness (QED) is 0.559. The Bertz CT molecular complexity index is 962. The predicted molar refractivity (Wildman–Crippen MR) is 93.4 cm³/mol. The summed E-state index contributed by atoms with van der Waals surface area (Å²) >= 11 is 1.81. The van der Waals surface area contributed by atoms with E-state index in [1.54, 1.807) is 0 Å². The van der Waals surface area contributed by atoms with Crippen LogP contribution in [0.1, 0.15) is 0 Å². The van der Waals surface area contributed by atoms with Crippen molar-refractivity contribution in [1.29, 1.82) is 0 Å². The van der Waals surface area contributed by atoms with E-state index in [0.29, 0.717) is 13.4 Å². The molecule has 0 spiro atoms. The monoisotopic (exact) mass is 303 g/mol. The Morgan fingerprint density at radius 2 is 1.59 bits per heavy atom. The number of benzene rings is 3. The zero-order valence-electron chi connectivity index (χ0n) is 11.7. The van der Waals surface area contributed by atoms with Crippen LogP contribution in [0.25, 0.3) is 31.3 Å². The number of rotatable bonds is 3. The normalized spacial score (nSPS) is 11.0. The number of fused-ring (bicyclic) bond motifs is 3. The van der Waals surface area contributed by atoms with Gasteiger partial charge in [0.2, 0.25) is 0 Å². The predicted octanol–water partition coefficient (Wildman–Crippen LogP) is 4.63. The van der Waals surface area contributed by atoms with Crippen LogP contribution in [0.3, 0.4) is 0 Å². The van der Waals surface area contributed by atoms with Gasteiger partial charge in [0.1, 0.15) is 5.75 Å². The first kappa shape index (κ1) is 13.4. The van der Waals surface area contributed by atoms with E-state index >= 15 is 0 Å². The van der Waals surface area contributed by atoms with Gasteiger partial charge in [-0.25, -0.2) is 0 Å². The van der Waals surface area contributed by atoms with Crippen LogP contribution < -0.4 is 4.65 Å². The van der Waals surface area contributed by atoms with Gasteiger partial charge in [0.05, 0.1) is 0 Å². The molecule has 4 rings (SSSR count). The third-order valence-corrected chi connectivity index (χ3v) is 4.88. The van der Waals surface area contributed by atoms with E-state index in [0.717, 1.165) is 11.1 Å². The first-order valence-corrected chi connectivity index (χ1v) is 7.81. The van der Waals surface area contributed by atoms with Crippen LogP contribution in [0.2, 0.25) is 0 Å². The lowest BCUT2D eigenvalue weighted by Crippen LogP contribution is -1.99. The highest BCUT2D eigenvalue weighted by atomic mass is 32.1. The second-order valence-corrected chi connectivity index (χ2v) is 6.14. The van der Waals surface area contributed by atoms with E-state index in [1.807, 2.05) is 35.6 Å². The summed E-state index contributed by atoms with van der Waals surface area (Å²) in [7, 11) is 0.703. The van der Waals surface area contributed by atoms with E-state index in [2.05, 4.69) is 42.5 Å². The lowest BCUT2D eigenvalue weighted by molar-refractivity contribution is 0.454. The van der Waals surface area contributed by atoms with Crippen molar-refractivity contribution in [1.82, 2.24) is 0 Å². The summed E-state index contributed by atoms with van der Waals surface area (Å²) in [6.45, 7) is 0. The van der Waals surface area contributed by atoms with E-state index in [-0.39, 0.29) is 0 Å². The molecule has 1 radical (unpaired) electrons. The van der Waals surface area contributed by atoms with Gasteiger partial charge in [0.25, 0.3) is 0 Å². The minimum Gasteiger partial charge on any atom is -0.537 e. The van der Waals surface area contributed by atoms with Gasteiger partial charge >= 0.3 is 7.69 Å². The van der Waals surface area contributed by atoms with E-state index < -0.39 is 0 Å². The molecule has 0 fully saturated rings. The van der Waals surface area contributed by atoms with Crippen molar-refractivity contribution in [3.05, 3.63) is 66.7 Å². The minimum absolute atomic E-state index is 0.621. The Labute approximate surface area is 132 Å². The van der Waals surface area contributed by atoms with Gasteiger partial charge in [-0.3, -0.25) is 0 Å². The van der Waals surface area contributed by atoms with Crippen LogP contribution in [-0.4, -0.2) is 12.7 Å². The van der Waals surface area contributed by atoms with Crippen LogP contribution in [-0.2, 0) is 0 Å². The highest BCUT2D eigenvalue weighted by Crippen LogP contribution is 2.36. The Balaban J connectivity index is 1.88. The summed E-state index contributed by atoms with van der Waals surface area (Å²) in [6.07, 6.45) is 0. The highest BCUT2D eigenvalue weighted by molar-refractivity contribution is 7.25. The maximum atomic E-state index is 8.77. The number of hydrogen-bond donors (Lipinski definition) is 1. The summed E-state index contributed by atoms with van der Waals surface area (Å²) < 4.78 is 7.64. The second-order valence-electron chi connectivity index (χ2n) is 5.06. The third kappa shape index (κ3) is 2.26. The average molecular weight is 303 g/mol. The summed E-state index contributed by atoms with van der Waals surface area (Å²) in [5.41, 5.74) is 2.20. The molecule has 4 aromatic rings. The minimum atomic E-state index is 0.621. The Morgan fingerprint density at radius 1 is 0.773 bits per heavy atom. The van der Waals surface area contributed by atoms with Crippen molar-refractivity contribution in [2.24, 2.45) is 0 Å². The van der Waals surface area contributed by atoms with Gasteiger partial charge in [0.15, 0.2) is 0 Å². The first-order chi connectivity index (χ1) is 10.8. The molecule has 1 heterocycles. The summed E-state index contributed by atoms with van der Waals surface area (Å²) in [5.74, 6) is 0.621. The van der Waals surface area contributed by atoms with E-state index in [4.69, 9.17) is 9.68 Å². The molecule has 0 aliphatic rings. The molecule has 2 nitrogen and oxygen atoms in total. The smallest absolute Gasteiger partial charge is 0.537 e. The summed E-state index contributed by atoms with van der Waals surface area (Å²) in [6, 6.07) is 22.7. The third-order valence-electron chi connectivity index (χ3n) is 3.73. The largest absolute Gasteiger partial charge is 0.569 e. The lowest BCUT2D eigenvalue weighted by atomic mass is 10.0. The van der Waals surface area contributed by atoms with Gasteiger partial charge in [-0.15, -0.1) is 11.3 Å². The van der Waals surface area contributed by atoms with Crippen LogP contribution >= 0.6 is 11.3 Å². The van der Waals surface area contributed by atoms with Crippen molar-refractivity contribution in [2.45, 2.75) is 0 Å². The highest BCUT2D eigenvalue weighted by Gasteiger charge is 2.07. The molecule has 22 heavy (non-hydrogen) atoms. The Hall–Kier alpha value is -2.30. The molecule has 1 aromatic heterocycles. The first-order valence-electron chi connectivity index (χ1n) is 6.99. The molecule has 1 N–H and O–H groups in total. The number of thiophene rings is 1. The zero-order valence-corrected chi connectivity index (χ0v) is 12.5. The van der Waals surface area contributed by atoms with Crippen molar-refractivity contribution in [2.75, 3.05) is 0 Å². The maximum Gasteiger partial charge on any atom is 0.569 e. The van der Waals surface area contributed by atoms with Gasteiger partial charge in [-0.05, 0) is 41.5 Å². The molecule has 0 saturated carbocycles. The molecule has 0 bridgehead atoms. The molecule has 0 amide bonds. The fourth-order valence-electron chi connectivity index (χ4n) is 2.72. The van der Waals surface area contributed by atoms with Crippen molar-refractivity contribution in [3.8, 4) is 16.9 Å². The Kier molecular flexibility index (Phi) is 3.33. The molecule has 0 saturated heterocycles. The molecule has 0 aliphatic carbocycles. The molecule has 4 heteroatoms. The van der Waals surface area contributed by atoms with Crippen molar-refractivity contribution in [3.63, 3.8) is 0 Å². The van der Waals surface area contributed by atoms with Crippen molar-refractivity contribution < 1.29 is 9.68 Å². The van der Waals surface area contributed by atoms with Crippen LogP contribution in [0.15, 0.2) is 66.7 Å². The van der Waals surface area contributed by atoms with Crippen molar-refractivity contribution >= 4 is 39.2 Å². The van der Waals surface area contributed by atoms with Crippen LogP contribution in [0, 0.1) is 0 Å². The molecule has 0 aliphatic heterocycles. The standard InChI is InChI=1S/C18H12BO2S/c20-19-21-14-5-3-4-12(10-14)13-8-9-18-16(11-13)15-6-1-2-7-17(15)22-18/h1-11,20H. The zero-order chi connectivity index (χ0) is 14.9. The number of hydrogen-bond acceptors (Lipinski definition) is 3. The van der Waals surface area contributed by atoms with Crippen LogP contribution in [0.5, 0.6) is 5.75 Å². The van der Waals surface area contributed by atoms with Gasteiger partial charge in [-0.2, -0.15) is 0 Å². The summed E-state index contributed by atoms with van der Waals surface area (Å²) in [5, 5.41) is 11.3. The van der Waals surface area contributed by atoms with Gasteiger partial charge in [-0.1, -0.05) is 36.4 Å². The summed E-state index contributed by atoms with van der Waals surface area (Å²) in [4.78, 5) is 0. The van der Waals surface area contributed by atoms with Crippen LogP contribution in [0.4, 0.5) is 0 Å². The van der Waals surface area contributed by atoms with E-state index in [9.17, 15) is 0 Å². The molecule has 0 atom stereocenters. The fraction of sp³-hybridized carbons (Fsp3) is 0. The molecule has 105 valence electrons. The topological polar surface area (TPSA) is 29.5 Å². The molecule has 3 aromatic carbocycles. The SMILES string of the molecule is O[B]Oc1cccc(-c2ccc3sc4ccccc4c3c2)c1. The maximum absolute atomic E-state index is 8.77. The van der Waals surface area contributed by atoms with Gasteiger partial charge < -0.3 is 9.68 Å². The molecule has 0 unspecified atom stereocenters. The second kappa shape index (κ2) is 5.48. The molecular weight excluding hydrogens is 291 g/mol. The average Bonchev–Trinajstić information content (AvgIpc) is 2.93. The lowest BCUT2D eigenvalue weighted by Gasteiger charge is -2.06. The Morgan fingerprint density at radius 3 is 2.50 bits per heavy atom. The van der Waals surface area contributed by atoms with E-state index in [1.165, 1.54) is 20.2 Å². The van der Waals surface area contributed by atoms with Gasteiger partial charge in [0, 0.05) is 20.2 Å². The molecular formula is C18H12BO2S. The fourth-order valence-corrected chi connectivity index (χ4v) is 3.80.